The summed E-state index contributed by atoms with van der Waals surface area (Å²) < 4.78 is 104. The van der Waals surface area contributed by atoms with Gasteiger partial charge in [-0.05, 0) is 35.9 Å². The van der Waals surface area contributed by atoms with Crippen LogP contribution in [0.4, 0.5) is 42.6 Å². The molecule has 0 unspecified atom stereocenters. The Morgan fingerprint density at radius 2 is 1.59 bits per heavy atom. The minimum absolute atomic E-state index is 0.00249. The highest BCUT2D eigenvalue weighted by Crippen LogP contribution is 2.38. The quantitative estimate of drug-likeness (QED) is 0.417. The molecule has 1 aromatic heterocycles. The van der Waals surface area contributed by atoms with Crippen molar-refractivity contribution in [2.24, 2.45) is 0 Å². The van der Waals surface area contributed by atoms with Gasteiger partial charge in [0.15, 0.2) is 11.5 Å². The Labute approximate surface area is 221 Å². The first kappa shape index (κ1) is 26.6. The molecule has 39 heavy (non-hydrogen) atoms. The van der Waals surface area contributed by atoms with Crippen LogP contribution in [0.1, 0.15) is 16.7 Å². The van der Waals surface area contributed by atoms with E-state index in [0.29, 0.717) is 35.3 Å². The molecule has 0 spiro atoms. The van der Waals surface area contributed by atoms with E-state index >= 15 is 0 Å². The lowest BCUT2D eigenvalue weighted by Crippen LogP contribution is -2.50. The molecular formula is C23H19F6N5O4S. The van der Waals surface area contributed by atoms with Gasteiger partial charge in [-0.15, -0.1) is 4.37 Å². The molecule has 1 fully saturated rings. The second-order valence-electron chi connectivity index (χ2n) is 8.57. The third-order valence-corrected chi connectivity index (χ3v) is 6.46. The van der Waals surface area contributed by atoms with Crippen molar-refractivity contribution in [1.82, 2.24) is 13.6 Å². The van der Waals surface area contributed by atoms with Crippen molar-refractivity contribution in [3.8, 4) is 17.4 Å². The molecule has 2 amide bonds. The number of nitrogens with zero attached hydrogens (tertiary/aromatic N) is 4. The molecular weight excluding hydrogens is 556 g/mol. The van der Waals surface area contributed by atoms with Crippen molar-refractivity contribution >= 4 is 29.3 Å². The minimum Gasteiger partial charge on any atom is -0.470 e. The molecule has 208 valence electrons. The van der Waals surface area contributed by atoms with Crippen molar-refractivity contribution < 1.29 is 45.3 Å². The molecule has 0 bridgehead atoms. The van der Waals surface area contributed by atoms with Gasteiger partial charge in [0, 0.05) is 31.9 Å². The van der Waals surface area contributed by atoms with Crippen LogP contribution < -0.4 is 24.4 Å². The summed E-state index contributed by atoms with van der Waals surface area (Å²) in [6, 6.07) is 5.51. The first-order valence-corrected chi connectivity index (χ1v) is 12.1. The fourth-order valence-electron chi connectivity index (χ4n) is 3.99. The minimum atomic E-state index is -5.02. The topological polar surface area (TPSA) is 89.1 Å². The number of ether oxygens (including phenoxy) is 3. The molecule has 0 aliphatic carbocycles. The molecule has 3 heterocycles. The fourth-order valence-corrected chi connectivity index (χ4v) is 4.51. The van der Waals surface area contributed by atoms with Crippen LogP contribution in [0.15, 0.2) is 36.4 Å². The third kappa shape index (κ3) is 6.05. The van der Waals surface area contributed by atoms with Gasteiger partial charge in [-0.1, -0.05) is 6.07 Å². The van der Waals surface area contributed by atoms with Crippen molar-refractivity contribution in [2.75, 3.05) is 43.2 Å². The zero-order valence-corrected chi connectivity index (χ0v) is 20.6. The molecule has 9 nitrogen and oxygen atoms in total. The predicted octanol–water partition coefficient (Wildman–Crippen LogP) is 5.24. The van der Waals surface area contributed by atoms with Gasteiger partial charge >= 0.3 is 18.4 Å². The Bertz CT molecular complexity index is 1330. The summed E-state index contributed by atoms with van der Waals surface area (Å²) in [5.74, 6) is 2.01. The van der Waals surface area contributed by atoms with Crippen LogP contribution in [-0.4, -0.2) is 52.7 Å². The van der Waals surface area contributed by atoms with Gasteiger partial charge in [0.1, 0.15) is 6.61 Å². The molecule has 0 radical (unpaired) electrons. The number of carbonyl (C=O) groups is 1. The molecule has 1 saturated heterocycles. The summed E-state index contributed by atoms with van der Waals surface area (Å²) in [7, 11) is 0. The molecule has 5 rings (SSSR count). The smallest absolute Gasteiger partial charge is 0.416 e. The van der Waals surface area contributed by atoms with E-state index < -0.39 is 35.2 Å². The Morgan fingerprint density at radius 3 is 2.26 bits per heavy atom. The number of benzene rings is 2. The number of nitrogens with one attached hydrogen (secondary N) is 1. The number of aromatic nitrogens is 2. The van der Waals surface area contributed by atoms with E-state index in [1.165, 1.54) is 4.90 Å². The van der Waals surface area contributed by atoms with Gasteiger partial charge in [-0.2, -0.15) is 30.7 Å². The first-order chi connectivity index (χ1) is 18.5. The molecule has 1 N–H and O–H groups in total. The number of hydrogen-bond donors (Lipinski definition) is 1. The van der Waals surface area contributed by atoms with Gasteiger partial charge in [0.25, 0.3) is 5.88 Å². The van der Waals surface area contributed by atoms with E-state index in [4.69, 9.17) is 14.2 Å². The number of anilines is 2. The normalized spacial score (nSPS) is 15.4. The zero-order chi connectivity index (χ0) is 27.8. The number of fused-ring (bicyclic) bond motifs is 1. The lowest BCUT2D eigenvalue weighted by atomic mass is 10.1. The van der Waals surface area contributed by atoms with Crippen LogP contribution in [-0.2, 0) is 19.0 Å². The number of urea groups is 1. The SMILES string of the molecule is O=C(Nc1cc(C(F)(F)F)cc(C(F)(F)F)c1)N1CCN(c2nsnc2OCc2ccc3c(c2)OCO3)CC1. The van der Waals surface area contributed by atoms with E-state index in [9.17, 15) is 31.1 Å². The zero-order valence-electron chi connectivity index (χ0n) is 19.8. The maximum atomic E-state index is 13.1. The summed E-state index contributed by atoms with van der Waals surface area (Å²) in [5, 5.41) is 2.15. The van der Waals surface area contributed by atoms with Gasteiger partial charge in [-0.25, -0.2) is 4.79 Å². The monoisotopic (exact) mass is 575 g/mol. The van der Waals surface area contributed by atoms with Crippen molar-refractivity contribution in [3.63, 3.8) is 0 Å². The van der Waals surface area contributed by atoms with Gasteiger partial charge in [0.2, 0.25) is 12.6 Å². The van der Waals surface area contributed by atoms with Crippen LogP contribution in [0.5, 0.6) is 17.4 Å². The number of alkyl halides is 6. The standard InChI is InChI=1S/C23H19F6N5O4S/c24-22(25,26)14-8-15(23(27,28)29)10-16(9-14)30-21(35)34-5-3-33(4-6-34)19-20(32-39-31-19)36-11-13-1-2-17-18(7-13)38-12-37-17/h1-2,7-10H,3-6,11-12H2,(H,30,35). The molecule has 0 atom stereocenters. The number of piperazine rings is 1. The summed E-state index contributed by atoms with van der Waals surface area (Å²) >= 11 is 0.943. The van der Waals surface area contributed by atoms with E-state index in [1.54, 1.807) is 12.1 Å². The van der Waals surface area contributed by atoms with Crippen molar-refractivity contribution in [3.05, 3.63) is 53.1 Å². The van der Waals surface area contributed by atoms with E-state index in [0.717, 1.165) is 17.3 Å². The van der Waals surface area contributed by atoms with Gasteiger partial charge < -0.3 is 29.3 Å². The first-order valence-electron chi connectivity index (χ1n) is 11.4. The van der Waals surface area contributed by atoms with Crippen LogP contribution >= 0.6 is 11.7 Å². The number of amides is 2. The van der Waals surface area contributed by atoms with Crippen LogP contribution in [0.25, 0.3) is 0 Å². The lowest BCUT2D eigenvalue weighted by molar-refractivity contribution is -0.143. The summed E-state index contributed by atoms with van der Waals surface area (Å²) in [5.41, 5.74) is -2.81. The molecule has 2 aromatic carbocycles. The average Bonchev–Trinajstić information content (AvgIpc) is 3.55. The van der Waals surface area contributed by atoms with Crippen molar-refractivity contribution in [1.29, 1.82) is 0 Å². The Hall–Kier alpha value is -3.95. The molecule has 2 aliphatic heterocycles. The lowest BCUT2D eigenvalue weighted by Gasteiger charge is -2.34. The van der Waals surface area contributed by atoms with Crippen LogP contribution in [0.2, 0.25) is 0 Å². The molecule has 3 aromatic rings. The number of halogens is 6. The summed E-state index contributed by atoms with van der Waals surface area (Å²) in [4.78, 5) is 15.8. The maximum Gasteiger partial charge on any atom is 0.416 e. The van der Waals surface area contributed by atoms with Crippen LogP contribution in [0.3, 0.4) is 0 Å². The third-order valence-electron chi connectivity index (χ3n) is 5.96. The van der Waals surface area contributed by atoms with E-state index in [1.807, 2.05) is 11.0 Å². The van der Waals surface area contributed by atoms with Crippen molar-refractivity contribution in [2.45, 2.75) is 19.0 Å². The summed E-state index contributed by atoms with van der Waals surface area (Å²) in [6.45, 7) is 1.18. The highest BCUT2D eigenvalue weighted by Gasteiger charge is 2.37. The van der Waals surface area contributed by atoms with Gasteiger partial charge in [-0.3, -0.25) is 0 Å². The number of rotatable bonds is 5. The Morgan fingerprint density at radius 1 is 0.923 bits per heavy atom. The molecule has 0 saturated carbocycles. The fraction of sp³-hybridized carbons (Fsp3) is 0.348. The average molecular weight is 575 g/mol. The highest BCUT2D eigenvalue weighted by atomic mass is 32.1. The molecule has 16 heteroatoms. The van der Waals surface area contributed by atoms with Crippen LogP contribution in [0, 0.1) is 0 Å². The maximum absolute atomic E-state index is 13.1. The summed E-state index contributed by atoms with van der Waals surface area (Å²) in [6.07, 6.45) is -10.0. The number of carbonyl (C=O) groups excluding carboxylic acids is 1. The Balaban J connectivity index is 1.19. The highest BCUT2D eigenvalue weighted by molar-refractivity contribution is 6.99. The van der Waals surface area contributed by atoms with Gasteiger partial charge in [0.05, 0.1) is 22.9 Å². The predicted molar refractivity (Wildman–Crippen MR) is 126 cm³/mol. The van der Waals surface area contributed by atoms with E-state index in [-0.39, 0.29) is 45.6 Å². The van der Waals surface area contributed by atoms with E-state index in [2.05, 4.69) is 14.1 Å². The second-order valence-corrected chi connectivity index (χ2v) is 9.10. The Kier molecular flexibility index (Phi) is 7.05. The second kappa shape index (κ2) is 10.3. The number of hydrogen-bond acceptors (Lipinski definition) is 8. The molecule has 2 aliphatic rings. The largest absolute Gasteiger partial charge is 0.470 e.